The Morgan fingerprint density at radius 3 is 2.39 bits per heavy atom. The number of ether oxygens (including phenoxy) is 3. The molecule has 1 saturated heterocycles. The van der Waals surface area contributed by atoms with Gasteiger partial charge in [0.05, 0.1) is 18.3 Å². The molecule has 10 heteroatoms. The Bertz CT molecular complexity index is 1250. The number of unbranched alkanes of at least 4 members (excludes halogenated alkanes) is 2. The molecule has 0 aromatic heterocycles. The van der Waals surface area contributed by atoms with E-state index in [4.69, 9.17) is 14.2 Å². The first kappa shape index (κ1) is 31.1. The van der Waals surface area contributed by atoms with Gasteiger partial charge in [0.2, 0.25) is 16.8 Å². The van der Waals surface area contributed by atoms with Gasteiger partial charge in [-0.1, -0.05) is 51.8 Å². The van der Waals surface area contributed by atoms with E-state index in [1.807, 2.05) is 56.3 Å². The Kier molecular flexibility index (Phi) is 10.9. The second-order valence-electron chi connectivity index (χ2n) is 10.9. The summed E-state index contributed by atoms with van der Waals surface area (Å²) in [6.07, 6.45) is 4.09. The van der Waals surface area contributed by atoms with E-state index in [9.17, 15) is 18.3 Å². The maximum absolute atomic E-state index is 13.2. The number of hydrogen-bond acceptors (Lipinski definition) is 7. The molecule has 1 fully saturated rings. The molecule has 3 unspecified atom stereocenters. The van der Waals surface area contributed by atoms with Gasteiger partial charge in [0.25, 0.3) is 0 Å². The van der Waals surface area contributed by atoms with Gasteiger partial charge in [-0.25, -0.2) is 12.7 Å². The Morgan fingerprint density at radius 1 is 0.976 bits per heavy atom. The Balaban J connectivity index is 1.64. The summed E-state index contributed by atoms with van der Waals surface area (Å²) in [4.78, 5) is 15.0. The molecule has 2 aliphatic heterocycles. The van der Waals surface area contributed by atoms with Crippen molar-refractivity contribution in [1.82, 2.24) is 9.21 Å². The highest BCUT2D eigenvalue weighted by atomic mass is 32.2. The van der Waals surface area contributed by atoms with Crippen LogP contribution in [0.2, 0.25) is 0 Å². The van der Waals surface area contributed by atoms with Crippen LogP contribution >= 0.6 is 0 Å². The SMILES string of the molecule is CCCCCS(=O)(=O)N(CCC)CCN1CC(c2ccc3c(c2)OCO3)C(C(=O)O)C1c1ccc(OCCC)cc1. The van der Waals surface area contributed by atoms with Gasteiger partial charge < -0.3 is 19.3 Å². The number of fused-ring (bicyclic) bond motifs is 1. The first-order valence-electron chi connectivity index (χ1n) is 14.9. The summed E-state index contributed by atoms with van der Waals surface area (Å²) in [5.74, 6) is 0.212. The van der Waals surface area contributed by atoms with E-state index in [1.54, 1.807) is 4.31 Å². The van der Waals surface area contributed by atoms with E-state index in [1.165, 1.54) is 0 Å². The fourth-order valence-corrected chi connectivity index (χ4v) is 7.51. The van der Waals surface area contributed by atoms with Crippen molar-refractivity contribution in [2.45, 2.75) is 64.8 Å². The van der Waals surface area contributed by atoms with Crippen molar-refractivity contribution < 1.29 is 32.5 Å². The molecule has 0 aliphatic carbocycles. The molecule has 3 atom stereocenters. The minimum absolute atomic E-state index is 0.140. The van der Waals surface area contributed by atoms with E-state index in [-0.39, 0.29) is 18.5 Å². The number of sulfonamides is 1. The lowest BCUT2D eigenvalue weighted by atomic mass is 9.82. The molecule has 2 aliphatic rings. The van der Waals surface area contributed by atoms with Gasteiger partial charge in [-0.3, -0.25) is 9.69 Å². The van der Waals surface area contributed by atoms with Gasteiger partial charge in [-0.2, -0.15) is 0 Å². The van der Waals surface area contributed by atoms with Crippen molar-refractivity contribution in [3.63, 3.8) is 0 Å². The number of carboxylic acid groups (broad SMARTS) is 1. The van der Waals surface area contributed by atoms with Gasteiger partial charge in [0.15, 0.2) is 11.5 Å². The van der Waals surface area contributed by atoms with E-state index in [0.29, 0.717) is 57.1 Å². The lowest BCUT2D eigenvalue weighted by Crippen LogP contribution is -2.40. The predicted molar refractivity (Wildman–Crippen MR) is 158 cm³/mol. The number of rotatable bonds is 16. The molecule has 0 spiro atoms. The van der Waals surface area contributed by atoms with Crippen LogP contribution < -0.4 is 14.2 Å². The van der Waals surface area contributed by atoms with Gasteiger partial charge in [-0.05, 0) is 54.7 Å². The molecule has 41 heavy (non-hydrogen) atoms. The number of likely N-dealkylation sites (tertiary alicyclic amines) is 1. The average molecular weight is 589 g/mol. The third-order valence-electron chi connectivity index (χ3n) is 7.91. The lowest BCUT2D eigenvalue weighted by molar-refractivity contribution is -0.143. The van der Waals surface area contributed by atoms with Crippen LogP contribution in [0.1, 0.15) is 76.0 Å². The van der Waals surface area contributed by atoms with Gasteiger partial charge in [-0.15, -0.1) is 0 Å². The molecule has 2 aromatic rings. The zero-order valence-electron chi connectivity index (χ0n) is 24.5. The van der Waals surface area contributed by atoms with Crippen molar-refractivity contribution in [1.29, 1.82) is 0 Å². The minimum Gasteiger partial charge on any atom is -0.494 e. The monoisotopic (exact) mass is 588 g/mol. The molecule has 0 radical (unpaired) electrons. The van der Waals surface area contributed by atoms with Crippen molar-refractivity contribution in [2.24, 2.45) is 5.92 Å². The molecule has 0 saturated carbocycles. The summed E-state index contributed by atoms with van der Waals surface area (Å²) in [6, 6.07) is 12.8. The Morgan fingerprint density at radius 2 is 1.71 bits per heavy atom. The first-order valence-corrected chi connectivity index (χ1v) is 16.5. The first-order chi connectivity index (χ1) is 19.8. The molecule has 0 amide bonds. The standard InChI is InChI=1S/C31H44N2O7S/c1-4-7-8-19-41(36,37)33(15-5-2)17-16-32-21-26(24-11-14-27-28(20-24)40-22-39-27)29(31(34)35)30(32)23-9-12-25(13-10-23)38-18-6-3/h9-14,20,26,29-30H,4-8,15-19,21-22H2,1-3H3,(H,34,35). The van der Waals surface area contributed by atoms with Crippen LogP contribution in [0.15, 0.2) is 42.5 Å². The highest BCUT2D eigenvalue weighted by Crippen LogP contribution is 2.47. The molecule has 9 nitrogen and oxygen atoms in total. The number of aliphatic carboxylic acids is 1. The summed E-state index contributed by atoms with van der Waals surface area (Å²) < 4.78 is 44.8. The third-order valence-corrected chi connectivity index (χ3v) is 9.87. The Hall–Kier alpha value is -2.82. The number of carbonyl (C=O) groups is 1. The zero-order valence-corrected chi connectivity index (χ0v) is 25.3. The van der Waals surface area contributed by atoms with Crippen LogP contribution in [0, 0.1) is 5.92 Å². The van der Waals surface area contributed by atoms with Crippen LogP contribution in [0.5, 0.6) is 17.2 Å². The van der Waals surface area contributed by atoms with Crippen molar-refractivity contribution in [3.05, 3.63) is 53.6 Å². The lowest BCUT2D eigenvalue weighted by Gasteiger charge is -2.30. The summed E-state index contributed by atoms with van der Waals surface area (Å²) in [7, 11) is -3.40. The van der Waals surface area contributed by atoms with Crippen molar-refractivity contribution >= 4 is 16.0 Å². The van der Waals surface area contributed by atoms with E-state index in [2.05, 4.69) is 11.8 Å². The van der Waals surface area contributed by atoms with Crippen LogP contribution in [-0.2, 0) is 14.8 Å². The van der Waals surface area contributed by atoms with Gasteiger partial charge in [0.1, 0.15) is 5.75 Å². The smallest absolute Gasteiger partial charge is 0.309 e. The third kappa shape index (κ3) is 7.53. The van der Waals surface area contributed by atoms with Crippen molar-refractivity contribution in [2.75, 3.05) is 45.3 Å². The highest BCUT2D eigenvalue weighted by molar-refractivity contribution is 7.89. The largest absolute Gasteiger partial charge is 0.494 e. The van der Waals surface area contributed by atoms with E-state index < -0.39 is 28.0 Å². The van der Waals surface area contributed by atoms with Crippen LogP contribution in [0.25, 0.3) is 0 Å². The second kappa shape index (κ2) is 14.4. The maximum Gasteiger partial charge on any atom is 0.309 e. The van der Waals surface area contributed by atoms with E-state index in [0.717, 1.165) is 36.1 Å². The quantitative estimate of drug-likeness (QED) is 0.264. The molecule has 226 valence electrons. The summed E-state index contributed by atoms with van der Waals surface area (Å²) in [5, 5.41) is 10.6. The fourth-order valence-electron chi connectivity index (χ4n) is 5.86. The summed E-state index contributed by atoms with van der Waals surface area (Å²) >= 11 is 0. The van der Waals surface area contributed by atoms with Gasteiger partial charge >= 0.3 is 5.97 Å². The van der Waals surface area contributed by atoms with Gasteiger partial charge in [0, 0.05) is 38.1 Å². The second-order valence-corrected chi connectivity index (χ2v) is 13.0. The molecule has 4 rings (SSSR count). The maximum atomic E-state index is 13.2. The highest BCUT2D eigenvalue weighted by Gasteiger charge is 2.47. The zero-order chi connectivity index (χ0) is 29.4. The number of carboxylic acids is 1. The molecular formula is C31H44N2O7S. The van der Waals surface area contributed by atoms with Crippen LogP contribution in [-0.4, -0.2) is 74.0 Å². The molecule has 1 N–H and O–H groups in total. The van der Waals surface area contributed by atoms with Crippen molar-refractivity contribution in [3.8, 4) is 17.2 Å². The fraction of sp³-hybridized carbons (Fsp3) is 0.581. The summed E-state index contributed by atoms with van der Waals surface area (Å²) in [5.41, 5.74) is 1.74. The Labute approximate surface area is 244 Å². The molecular weight excluding hydrogens is 544 g/mol. The molecule has 0 bridgehead atoms. The number of hydrogen-bond donors (Lipinski definition) is 1. The average Bonchev–Trinajstić information content (AvgIpc) is 3.59. The molecule has 2 heterocycles. The number of nitrogens with zero attached hydrogens (tertiary/aromatic N) is 2. The van der Waals surface area contributed by atoms with E-state index >= 15 is 0 Å². The molecule has 2 aromatic carbocycles. The van der Waals surface area contributed by atoms with Crippen LogP contribution in [0.3, 0.4) is 0 Å². The summed E-state index contributed by atoms with van der Waals surface area (Å²) in [6.45, 7) is 8.51. The number of benzene rings is 2. The minimum atomic E-state index is -3.40. The normalized spacial score (nSPS) is 20.5. The van der Waals surface area contributed by atoms with Crippen LogP contribution in [0.4, 0.5) is 0 Å². The predicted octanol–water partition coefficient (Wildman–Crippen LogP) is 5.28. The topological polar surface area (TPSA) is 106 Å².